The number of rotatable bonds is 5. The second kappa shape index (κ2) is 8.65. The predicted molar refractivity (Wildman–Crippen MR) is 112 cm³/mol. The van der Waals surface area contributed by atoms with Crippen molar-refractivity contribution in [2.45, 2.75) is 37.8 Å². The van der Waals surface area contributed by atoms with E-state index in [-0.39, 0.29) is 10.8 Å². The molecule has 0 saturated heterocycles. The normalized spacial score (nSPS) is 11.6. The van der Waals surface area contributed by atoms with Gasteiger partial charge in [0.2, 0.25) is 0 Å². The molecule has 0 radical (unpaired) electrons. The predicted octanol–water partition coefficient (Wildman–Crippen LogP) is 3.71. The Morgan fingerprint density at radius 1 is 1.07 bits per heavy atom. The molecule has 0 spiro atoms. The Morgan fingerprint density at radius 2 is 1.69 bits per heavy atom. The zero-order valence-electron chi connectivity index (χ0n) is 17.2. The summed E-state index contributed by atoms with van der Waals surface area (Å²) in [6.07, 6.45) is 0.680. The van der Waals surface area contributed by atoms with Crippen LogP contribution in [0.3, 0.4) is 0 Å². The van der Waals surface area contributed by atoms with E-state index in [0.717, 1.165) is 11.8 Å². The molecule has 0 aliphatic rings. The van der Waals surface area contributed by atoms with Crippen LogP contribution >= 0.6 is 0 Å². The zero-order chi connectivity index (χ0) is 21.8. The highest BCUT2D eigenvalue weighted by Gasteiger charge is 2.19. The molecule has 156 valence electrons. The zero-order valence-corrected chi connectivity index (χ0v) is 18.0. The fraction of sp³-hybridized carbons (Fsp3) is 0.333. The Kier molecular flexibility index (Phi) is 6.69. The van der Waals surface area contributed by atoms with E-state index < -0.39 is 21.5 Å². The van der Waals surface area contributed by atoms with Crippen LogP contribution in [0.2, 0.25) is 0 Å². The van der Waals surface area contributed by atoms with Crippen molar-refractivity contribution in [2.24, 2.45) is 0 Å². The highest BCUT2D eigenvalue weighted by Crippen LogP contribution is 2.16. The van der Waals surface area contributed by atoms with Gasteiger partial charge in [-0.1, -0.05) is 12.1 Å². The van der Waals surface area contributed by atoms with E-state index in [4.69, 9.17) is 4.74 Å². The Morgan fingerprint density at radius 3 is 2.24 bits per heavy atom. The molecule has 1 N–H and O–H groups in total. The summed E-state index contributed by atoms with van der Waals surface area (Å²) in [6, 6.07) is 12.9. The molecule has 2 aromatic carbocycles. The Labute approximate surface area is 171 Å². The van der Waals surface area contributed by atoms with E-state index in [1.165, 1.54) is 29.2 Å². The van der Waals surface area contributed by atoms with Gasteiger partial charge in [0.05, 0.1) is 4.90 Å². The maximum Gasteiger partial charge on any atom is 0.410 e. The van der Waals surface area contributed by atoms with Crippen LogP contribution in [-0.4, -0.2) is 44.2 Å². The van der Waals surface area contributed by atoms with Gasteiger partial charge in [0.25, 0.3) is 5.91 Å². The molecule has 2 amide bonds. The van der Waals surface area contributed by atoms with Crippen molar-refractivity contribution < 1.29 is 22.7 Å². The van der Waals surface area contributed by atoms with Gasteiger partial charge in [-0.2, -0.15) is 0 Å². The van der Waals surface area contributed by atoms with Crippen molar-refractivity contribution in [2.75, 3.05) is 18.6 Å². The van der Waals surface area contributed by atoms with E-state index in [2.05, 4.69) is 5.32 Å². The average Bonchev–Trinajstić information content (AvgIpc) is 2.60. The van der Waals surface area contributed by atoms with Crippen LogP contribution in [0.1, 0.15) is 36.7 Å². The number of carbonyl (C=O) groups is 2. The number of benzene rings is 2. The Hall–Kier alpha value is -2.87. The van der Waals surface area contributed by atoms with E-state index in [9.17, 15) is 18.0 Å². The molecule has 0 fully saturated rings. The highest BCUT2D eigenvalue weighted by atomic mass is 32.2. The van der Waals surface area contributed by atoms with Gasteiger partial charge in [0.15, 0.2) is 9.84 Å². The number of carbonyl (C=O) groups excluding carboxylic acids is 2. The first-order valence-corrected chi connectivity index (χ1v) is 10.9. The molecule has 7 nitrogen and oxygen atoms in total. The number of hydrogen-bond acceptors (Lipinski definition) is 5. The minimum atomic E-state index is -3.31. The molecular weight excluding hydrogens is 392 g/mol. The largest absolute Gasteiger partial charge is 0.444 e. The first-order chi connectivity index (χ1) is 13.3. The highest BCUT2D eigenvalue weighted by molar-refractivity contribution is 7.90. The lowest BCUT2D eigenvalue weighted by molar-refractivity contribution is 0.0285. The Bertz CT molecular complexity index is 992. The third kappa shape index (κ3) is 6.90. The molecule has 0 aliphatic carbocycles. The van der Waals surface area contributed by atoms with Crippen molar-refractivity contribution >= 4 is 27.5 Å². The lowest BCUT2D eigenvalue weighted by Crippen LogP contribution is -2.33. The molecule has 29 heavy (non-hydrogen) atoms. The van der Waals surface area contributed by atoms with Crippen molar-refractivity contribution in [1.29, 1.82) is 0 Å². The third-order valence-electron chi connectivity index (χ3n) is 3.85. The molecule has 2 rings (SSSR count). The molecule has 0 unspecified atom stereocenters. The number of nitrogens with zero attached hydrogens (tertiary/aromatic N) is 1. The molecule has 0 saturated carbocycles. The summed E-state index contributed by atoms with van der Waals surface area (Å²) in [5.74, 6) is -0.359. The maximum atomic E-state index is 12.4. The summed E-state index contributed by atoms with van der Waals surface area (Å²) in [4.78, 5) is 26.1. The average molecular weight is 419 g/mol. The third-order valence-corrected chi connectivity index (χ3v) is 4.98. The van der Waals surface area contributed by atoms with Crippen LogP contribution in [0, 0.1) is 0 Å². The van der Waals surface area contributed by atoms with Gasteiger partial charge in [-0.25, -0.2) is 13.2 Å². The van der Waals surface area contributed by atoms with Gasteiger partial charge in [-0.3, -0.25) is 4.79 Å². The van der Waals surface area contributed by atoms with Crippen LogP contribution in [0.5, 0.6) is 0 Å². The Balaban J connectivity index is 2.05. The van der Waals surface area contributed by atoms with E-state index in [0.29, 0.717) is 17.8 Å². The fourth-order valence-electron chi connectivity index (χ4n) is 2.48. The van der Waals surface area contributed by atoms with E-state index in [1.807, 2.05) is 6.07 Å². The van der Waals surface area contributed by atoms with Crippen molar-refractivity contribution in [1.82, 2.24) is 4.90 Å². The SMILES string of the molecule is CN(Cc1cccc(NC(=O)c2ccc(S(C)(=O)=O)cc2)c1)C(=O)OC(C)(C)C. The van der Waals surface area contributed by atoms with E-state index in [1.54, 1.807) is 46.0 Å². The van der Waals surface area contributed by atoms with Crippen LogP contribution < -0.4 is 5.32 Å². The summed E-state index contributed by atoms with van der Waals surface area (Å²) in [6.45, 7) is 5.73. The number of nitrogens with one attached hydrogen (secondary N) is 1. The topological polar surface area (TPSA) is 92.8 Å². The number of sulfone groups is 1. The maximum absolute atomic E-state index is 12.4. The van der Waals surface area contributed by atoms with Gasteiger partial charge in [-0.15, -0.1) is 0 Å². The quantitative estimate of drug-likeness (QED) is 0.799. The molecule has 0 bridgehead atoms. The standard InChI is InChI=1S/C21H26N2O5S/c1-21(2,3)28-20(25)23(4)14-15-7-6-8-17(13-15)22-19(24)16-9-11-18(12-10-16)29(5,26)27/h6-13H,14H2,1-5H3,(H,22,24). The molecule has 0 atom stereocenters. The van der Waals surface area contributed by atoms with Crippen molar-refractivity contribution in [3.8, 4) is 0 Å². The second-order valence-electron chi connectivity index (χ2n) is 7.79. The minimum Gasteiger partial charge on any atom is -0.444 e. The summed E-state index contributed by atoms with van der Waals surface area (Å²) in [5.41, 5.74) is 1.16. The minimum absolute atomic E-state index is 0.154. The monoisotopic (exact) mass is 418 g/mol. The van der Waals surface area contributed by atoms with Gasteiger partial charge in [0.1, 0.15) is 5.60 Å². The van der Waals surface area contributed by atoms with Crippen LogP contribution in [0.4, 0.5) is 10.5 Å². The smallest absolute Gasteiger partial charge is 0.410 e. The summed E-state index contributed by atoms with van der Waals surface area (Å²) >= 11 is 0. The van der Waals surface area contributed by atoms with Gasteiger partial charge in [0, 0.05) is 31.1 Å². The van der Waals surface area contributed by atoms with Crippen LogP contribution in [0.25, 0.3) is 0 Å². The lowest BCUT2D eigenvalue weighted by atomic mass is 10.1. The molecule has 2 aromatic rings. The molecular formula is C21H26N2O5S. The van der Waals surface area contributed by atoms with Crippen molar-refractivity contribution in [3.05, 3.63) is 59.7 Å². The number of hydrogen-bond donors (Lipinski definition) is 1. The van der Waals surface area contributed by atoms with Gasteiger partial charge >= 0.3 is 6.09 Å². The van der Waals surface area contributed by atoms with E-state index >= 15 is 0 Å². The summed E-state index contributed by atoms with van der Waals surface area (Å²) in [7, 11) is -1.67. The molecule has 0 aliphatic heterocycles. The number of ether oxygens (including phenoxy) is 1. The fourth-order valence-corrected chi connectivity index (χ4v) is 3.11. The molecule has 0 aromatic heterocycles. The van der Waals surface area contributed by atoms with Crippen LogP contribution in [0.15, 0.2) is 53.4 Å². The lowest BCUT2D eigenvalue weighted by Gasteiger charge is -2.24. The summed E-state index contributed by atoms with van der Waals surface area (Å²) < 4.78 is 28.4. The number of amides is 2. The van der Waals surface area contributed by atoms with Gasteiger partial charge in [-0.05, 0) is 62.7 Å². The molecule has 8 heteroatoms. The van der Waals surface area contributed by atoms with Crippen LogP contribution in [-0.2, 0) is 21.1 Å². The van der Waals surface area contributed by atoms with Crippen molar-refractivity contribution in [3.63, 3.8) is 0 Å². The van der Waals surface area contributed by atoms with Gasteiger partial charge < -0.3 is 15.0 Å². The second-order valence-corrected chi connectivity index (χ2v) is 9.80. The first-order valence-electron chi connectivity index (χ1n) is 9.00. The number of anilines is 1. The first kappa shape index (κ1) is 22.4. The molecule has 0 heterocycles. The summed E-state index contributed by atoms with van der Waals surface area (Å²) in [5, 5.41) is 2.77.